The molecule has 0 unspecified atom stereocenters. The summed E-state index contributed by atoms with van der Waals surface area (Å²) < 4.78 is 24.4. The van der Waals surface area contributed by atoms with Crippen LogP contribution in [0.15, 0.2) is 48.8 Å². The molecule has 0 spiro atoms. The lowest BCUT2D eigenvalue weighted by Gasteiger charge is -2.30. The molecule has 0 bridgehead atoms. The summed E-state index contributed by atoms with van der Waals surface area (Å²) in [7, 11) is -2.22. The molecule has 0 aliphatic heterocycles. The van der Waals surface area contributed by atoms with E-state index in [1.807, 2.05) is 6.07 Å². The zero-order chi connectivity index (χ0) is 22.3. The van der Waals surface area contributed by atoms with Crippen molar-refractivity contribution in [2.45, 2.75) is 26.1 Å². The van der Waals surface area contributed by atoms with Crippen LogP contribution in [-0.4, -0.2) is 60.3 Å². The van der Waals surface area contributed by atoms with Crippen LogP contribution in [0.1, 0.15) is 18.1 Å². The summed E-state index contributed by atoms with van der Waals surface area (Å²) in [5.41, 5.74) is 1.59. The van der Waals surface area contributed by atoms with Crippen molar-refractivity contribution in [2.75, 3.05) is 19.8 Å². The SMILES string of the molecule is C[C@H](C(=O)NCc1cccnc1)N(Cc1ccc(Cl)cc1)C(=O)CN(C)S(C)(=O)=O. The minimum absolute atomic E-state index is 0.134. The number of benzene rings is 1. The zero-order valence-corrected chi connectivity index (χ0v) is 18.7. The van der Waals surface area contributed by atoms with Gasteiger partial charge in [0.2, 0.25) is 21.8 Å². The van der Waals surface area contributed by atoms with E-state index in [1.54, 1.807) is 49.6 Å². The number of halogens is 1. The molecule has 0 fully saturated rings. The molecule has 1 aromatic carbocycles. The van der Waals surface area contributed by atoms with Gasteiger partial charge in [0.05, 0.1) is 12.8 Å². The highest BCUT2D eigenvalue weighted by molar-refractivity contribution is 7.88. The molecule has 2 rings (SSSR count). The molecule has 2 amide bonds. The third-order valence-electron chi connectivity index (χ3n) is 4.55. The van der Waals surface area contributed by atoms with Crippen molar-refractivity contribution in [2.24, 2.45) is 0 Å². The number of rotatable bonds is 9. The number of carbonyl (C=O) groups is 2. The van der Waals surface area contributed by atoms with Gasteiger partial charge in [0.25, 0.3) is 0 Å². The molecule has 0 saturated carbocycles. The minimum atomic E-state index is -3.54. The van der Waals surface area contributed by atoms with E-state index >= 15 is 0 Å². The first-order valence-electron chi connectivity index (χ1n) is 9.19. The Labute approximate surface area is 181 Å². The Balaban J connectivity index is 2.16. The third kappa shape index (κ3) is 7.08. The second-order valence-electron chi connectivity index (χ2n) is 6.92. The largest absolute Gasteiger partial charge is 0.350 e. The van der Waals surface area contributed by atoms with Crippen molar-refractivity contribution in [3.63, 3.8) is 0 Å². The van der Waals surface area contributed by atoms with Crippen molar-refractivity contribution in [1.82, 2.24) is 19.5 Å². The molecule has 2 aromatic rings. The van der Waals surface area contributed by atoms with Crippen LogP contribution in [0.25, 0.3) is 0 Å². The highest BCUT2D eigenvalue weighted by Gasteiger charge is 2.28. The van der Waals surface area contributed by atoms with Gasteiger partial charge in [-0.3, -0.25) is 14.6 Å². The Hall–Kier alpha value is -2.49. The van der Waals surface area contributed by atoms with E-state index in [2.05, 4.69) is 10.3 Å². The van der Waals surface area contributed by atoms with Crippen LogP contribution < -0.4 is 5.32 Å². The number of hydrogen-bond acceptors (Lipinski definition) is 5. The molecule has 10 heteroatoms. The van der Waals surface area contributed by atoms with Crippen LogP contribution in [0.2, 0.25) is 5.02 Å². The lowest BCUT2D eigenvalue weighted by molar-refractivity contribution is -0.140. The molecule has 1 N–H and O–H groups in total. The summed E-state index contributed by atoms with van der Waals surface area (Å²) >= 11 is 5.92. The molecule has 8 nitrogen and oxygen atoms in total. The predicted molar refractivity (Wildman–Crippen MR) is 115 cm³/mol. The highest BCUT2D eigenvalue weighted by atomic mass is 35.5. The van der Waals surface area contributed by atoms with Crippen molar-refractivity contribution >= 4 is 33.4 Å². The van der Waals surface area contributed by atoms with Gasteiger partial charge in [0.1, 0.15) is 6.04 Å². The van der Waals surface area contributed by atoms with E-state index in [0.29, 0.717) is 5.02 Å². The summed E-state index contributed by atoms with van der Waals surface area (Å²) in [5.74, 6) is -0.843. The van der Waals surface area contributed by atoms with Gasteiger partial charge in [-0.2, -0.15) is 4.31 Å². The third-order valence-corrected chi connectivity index (χ3v) is 6.06. The van der Waals surface area contributed by atoms with Gasteiger partial charge in [0, 0.05) is 37.6 Å². The number of hydrogen-bond donors (Lipinski definition) is 1. The summed E-state index contributed by atoms with van der Waals surface area (Å²) in [6, 6.07) is 9.66. The van der Waals surface area contributed by atoms with Crippen LogP contribution in [0.5, 0.6) is 0 Å². The fourth-order valence-electron chi connectivity index (χ4n) is 2.61. The first-order valence-corrected chi connectivity index (χ1v) is 11.4. The number of likely N-dealkylation sites (N-methyl/N-ethyl adjacent to an activating group) is 1. The first-order chi connectivity index (χ1) is 14.1. The Kier molecular flexibility index (Phi) is 8.33. The maximum Gasteiger partial charge on any atom is 0.242 e. The monoisotopic (exact) mass is 452 g/mol. The molecule has 162 valence electrons. The van der Waals surface area contributed by atoms with Crippen molar-refractivity contribution < 1.29 is 18.0 Å². The number of sulfonamides is 1. The number of pyridine rings is 1. The zero-order valence-electron chi connectivity index (χ0n) is 17.1. The fourth-order valence-corrected chi connectivity index (χ4v) is 3.08. The lowest BCUT2D eigenvalue weighted by atomic mass is 10.1. The van der Waals surface area contributed by atoms with Crippen LogP contribution in [0, 0.1) is 0 Å². The Bertz CT molecular complexity index is 968. The molecular formula is C20H25ClN4O4S. The van der Waals surface area contributed by atoms with Crippen LogP contribution in [-0.2, 0) is 32.7 Å². The van der Waals surface area contributed by atoms with Crippen LogP contribution in [0.3, 0.4) is 0 Å². The van der Waals surface area contributed by atoms with Crippen molar-refractivity contribution in [3.8, 4) is 0 Å². The van der Waals surface area contributed by atoms with Gasteiger partial charge in [0.15, 0.2) is 0 Å². The minimum Gasteiger partial charge on any atom is -0.350 e. The van der Waals surface area contributed by atoms with Crippen LogP contribution >= 0.6 is 11.6 Å². The summed E-state index contributed by atoms with van der Waals surface area (Å²) in [6.07, 6.45) is 4.30. The molecule has 30 heavy (non-hydrogen) atoms. The van der Waals surface area contributed by atoms with Gasteiger partial charge in [-0.15, -0.1) is 0 Å². The van der Waals surface area contributed by atoms with E-state index in [-0.39, 0.29) is 25.5 Å². The normalized spacial score (nSPS) is 12.4. The molecule has 1 aromatic heterocycles. The van der Waals surface area contributed by atoms with Gasteiger partial charge in [-0.25, -0.2) is 8.42 Å². The molecule has 1 heterocycles. The maximum atomic E-state index is 12.9. The van der Waals surface area contributed by atoms with E-state index in [9.17, 15) is 18.0 Å². The average Bonchev–Trinajstić information content (AvgIpc) is 2.71. The molecule has 1 atom stereocenters. The maximum absolute atomic E-state index is 12.9. The highest BCUT2D eigenvalue weighted by Crippen LogP contribution is 2.14. The predicted octanol–water partition coefficient (Wildman–Crippen LogP) is 1.66. The average molecular weight is 453 g/mol. The first kappa shape index (κ1) is 23.8. The second-order valence-corrected chi connectivity index (χ2v) is 9.45. The quantitative estimate of drug-likeness (QED) is 0.623. The number of aromatic nitrogens is 1. The van der Waals surface area contributed by atoms with E-state index in [1.165, 1.54) is 11.9 Å². The van der Waals surface area contributed by atoms with E-state index < -0.39 is 22.0 Å². The summed E-state index contributed by atoms with van der Waals surface area (Å²) in [6.45, 7) is 1.64. The van der Waals surface area contributed by atoms with Gasteiger partial charge >= 0.3 is 0 Å². The smallest absolute Gasteiger partial charge is 0.242 e. The molecule has 0 saturated heterocycles. The van der Waals surface area contributed by atoms with E-state index in [0.717, 1.165) is 21.7 Å². The summed E-state index contributed by atoms with van der Waals surface area (Å²) in [4.78, 5) is 31.0. The van der Waals surface area contributed by atoms with Gasteiger partial charge < -0.3 is 10.2 Å². The van der Waals surface area contributed by atoms with Gasteiger partial charge in [-0.05, 0) is 36.2 Å². The molecular weight excluding hydrogens is 428 g/mol. The Morgan fingerprint density at radius 1 is 1.17 bits per heavy atom. The van der Waals surface area contributed by atoms with E-state index in [4.69, 9.17) is 11.6 Å². The molecule has 0 aliphatic carbocycles. The Morgan fingerprint density at radius 2 is 1.83 bits per heavy atom. The molecule has 0 aliphatic rings. The van der Waals surface area contributed by atoms with Gasteiger partial charge in [-0.1, -0.05) is 29.8 Å². The summed E-state index contributed by atoms with van der Waals surface area (Å²) in [5, 5.41) is 3.34. The Morgan fingerprint density at radius 3 is 2.40 bits per heavy atom. The number of nitrogens with zero attached hydrogens (tertiary/aromatic N) is 3. The lowest BCUT2D eigenvalue weighted by Crippen LogP contribution is -2.50. The van der Waals surface area contributed by atoms with Crippen molar-refractivity contribution in [1.29, 1.82) is 0 Å². The standard InChI is InChI=1S/C20H25ClN4O4S/c1-15(20(27)23-12-17-5-4-10-22-11-17)25(13-16-6-8-18(21)9-7-16)19(26)14-24(2)30(3,28)29/h4-11,15H,12-14H2,1-3H3,(H,23,27)/t15-/m1/s1. The van der Waals surface area contributed by atoms with Crippen LogP contribution in [0.4, 0.5) is 0 Å². The number of carbonyl (C=O) groups excluding carboxylic acids is 2. The number of amides is 2. The fraction of sp³-hybridized carbons (Fsp3) is 0.350. The number of nitrogens with one attached hydrogen (secondary N) is 1. The second kappa shape index (κ2) is 10.5. The topological polar surface area (TPSA) is 99.7 Å². The van der Waals surface area contributed by atoms with Crippen molar-refractivity contribution in [3.05, 3.63) is 64.9 Å². The molecule has 0 radical (unpaired) electrons.